The van der Waals surface area contributed by atoms with Gasteiger partial charge in [-0.25, -0.2) is 4.98 Å². The number of aromatic nitrogens is 3. The van der Waals surface area contributed by atoms with Gasteiger partial charge in [0, 0.05) is 17.5 Å². The molecule has 0 aliphatic heterocycles. The number of thioether (sulfide) groups is 1. The maximum Gasteiger partial charge on any atom is 0.276 e. The fourth-order valence-corrected chi connectivity index (χ4v) is 1.99. The van der Waals surface area contributed by atoms with Gasteiger partial charge in [0.25, 0.3) is 5.22 Å². The van der Waals surface area contributed by atoms with Crippen molar-refractivity contribution in [3.8, 4) is 5.88 Å². The van der Waals surface area contributed by atoms with E-state index in [-0.39, 0.29) is 6.54 Å². The minimum Gasteiger partial charge on any atom is -0.481 e. The lowest BCUT2D eigenvalue weighted by Crippen LogP contribution is -1.95. The van der Waals surface area contributed by atoms with Gasteiger partial charge in [0.05, 0.1) is 13.7 Å². The number of rotatable bonds is 5. The van der Waals surface area contributed by atoms with Gasteiger partial charge < -0.3 is 14.9 Å². The van der Waals surface area contributed by atoms with Crippen molar-refractivity contribution in [1.82, 2.24) is 15.2 Å². The average Bonchev–Trinajstić information content (AvgIpc) is 2.84. The molecule has 2 aromatic heterocycles. The molecule has 0 aliphatic rings. The van der Waals surface area contributed by atoms with Gasteiger partial charge >= 0.3 is 0 Å². The van der Waals surface area contributed by atoms with E-state index in [0.717, 1.165) is 5.56 Å². The molecule has 0 amide bonds. The lowest BCUT2D eigenvalue weighted by Gasteiger charge is -2.04. The van der Waals surface area contributed by atoms with E-state index in [4.69, 9.17) is 14.9 Å². The van der Waals surface area contributed by atoms with Crippen LogP contribution in [0.1, 0.15) is 11.5 Å². The smallest absolute Gasteiger partial charge is 0.276 e. The Morgan fingerprint density at radius 3 is 3.06 bits per heavy atom. The fraction of sp³-hybridized carbons (Fsp3) is 0.300. The molecule has 2 aromatic rings. The maximum absolute atomic E-state index is 5.38. The Bertz CT molecular complexity index is 489. The summed E-state index contributed by atoms with van der Waals surface area (Å²) in [5, 5.41) is 8.14. The van der Waals surface area contributed by atoms with Crippen LogP contribution in [0.25, 0.3) is 0 Å². The normalized spacial score (nSPS) is 10.5. The zero-order valence-corrected chi connectivity index (χ0v) is 10.1. The van der Waals surface area contributed by atoms with Gasteiger partial charge in [0.1, 0.15) is 0 Å². The number of pyridine rings is 1. The van der Waals surface area contributed by atoms with Crippen molar-refractivity contribution in [3.63, 3.8) is 0 Å². The highest BCUT2D eigenvalue weighted by molar-refractivity contribution is 7.98. The standard InChI is InChI=1S/C10H12N4O2S/c1-15-9-7(3-2-4-12-9)6-17-10-14-13-8(5-11)16-10/h2-4H,5-6,11H2,1H3. The summed E-state index contributed by atoms with van der Waals surface area (Å²) in [6, 6.07) is 3.80. The van der Waals surface area contributed by atoms with Crippen LogP contribution >= 0.6 is 11.8 Å². The van der Waals surface area contributed by atoms with Crippen LogP contribution in [0.5, 0.6) is 5.88 Å². The van der Waals surface area contributed by atoms with E-state index in [2.05, 4.69) is 15.2 Å². The lowest BCUT2D eigenvalue weighted by molar-refractivity contribution is 0.394. The van der Waals surface area contributed by atoms with E-state index in [1.165, 1.54) is 11.8 Å². The molecule has 0 fully saturated rings. The molecule has 17 heavy (non-hydrogen) atoms. The van der Waals surface area contributed by atoms with Crippen molar-refractivity contribution in [2.45, 2.75) is 17.5 Å². The second kappa shape index (κ2) is 5.65. The third kappa shape index (κ3) is 2.95. The number of ether oxygens (including phenoxy) is 1. The molecule has 2 heterocycles. The predicted molar refractivity (Wildman–Crippen MR) is 62.5 cm³/mol. The minimum atomic E-state index is 0.254. The molecule has 7 heteroatoms. The average molecular weight is 252 g/mol. The monoisotopic (exact) mass is 252 g/mol. The first-order valence-corrected chi connectivity index (χ1v) is 5.95. The first kappa shape index (κ1) is 11.9. The molecule has 0 saturated heterocycles. The summed E-state index contributed by atoms with van der Waals surface area (Å²) in [5.41, 5.74) is 6.36. The summed E-state index contributed by atoms with van der Waals surface area (Å²) in [4.78, 5) is 4.11. The molecule has 2 rings (SSSR count). The molecule has 0 atom stereocenters. The topological polar surface area (TPSA) is 87.1 Å². The Balaban J connectivity index is 2.01. The number of nitrogens with zero attached hydrogens (tertiary/aromatic N) is 3. The van der Waals surface area contributed by atoms with Gasteiger partial charge in [-0.15, -0.1) is 10.2 Å². The van der Waals surface area contributed by atoms with Gasteiger partial charge in [0.2, 0.25) is 11.8 Å². The zero-order valence-electron chi connectivity index (χ0n) is 9.29. The Morgan fingerprint density at radius 2 is 2.35 bits per heavy atom. The van der Waals surface area contributed by atoms with Gasteiger partial charge in [-0.05, 0) is 6.07 Å². The van der Waals surface area contributed by atoms with Crippen LogP contribution in [0.3, 0.4) is 0 Å². The molecule has 0 radical (unpaired) electrons. The molecule has 0 spiro atoms. The minimum absolute atomic E-state index is 0.254. The predicted octanol–water partition coefficient (Wildman–Crippen LogP) is 1.22. The number of nitrogens with two attached hydrogens (primary N) is 1. The summed E-state index contributed by atoms with van der Waals surface area (Å²) < 4.78 is 10.4. The first-order chi connectivity index (χ1) is 8.33. The van der Waals surface area contributed by atoms with E-state index in [0.29, 0.717) is 22.7 Å². The second-order valence-electron chi connectivity index (χ2n) is 3.13. The van der Waals surface area contributed by atoms with E-state index in [1.807, 2.05) is 12.1 Å². The van der Waals surface area contributed by atoms with Crippen molar-refractivity contribution in [3.05, 3.63) is 29.8 Å². The summed E-state index contributed by atoms with van der Waals surface area (Å²) >= 11 is 1.42. The maximum atomic E-state index is 5.38. The number of hydrogen-bond donors (Lipinski definition) is 1. The summed E-state index contributed by atoms with van der Waals surface area (Å²) in [6.07, 6.45) is 1.69. The number of hydrogen-bond acceptors (Lipinski definition) is 7. The highest BCUT2D eigenvalue weighted by atomic mass is 32.2. The third-order valence-electron chi connectivity index (χ3n) is 2.02. The second-order valence-corrected chi connectivity index (χ2v) is 4.05. The van der Waals surface area contributed by atoms with E-state index in [9.17, 15) is 0 Å². The molecule has 2 N–H and O–H groups in total. The van der Waals surface area contributed by atoms with Crippen LogP contribution in [0, 0.1) is 0 Å². The molecule has 6 nitrogen and oxygen atoms in total. The molecular formula is C10H12N4O2S. The first-order valence-electron chi connectivity index (χ1n) is 4.96. The van der Waals surface area contributed by atoms with E-state index >= 15 is 0 Å². The van der Waals surface area contributed by atoms with Crippen LogP contribution in [0.15, 0.2) is 28.0 Å². The van der Waals surface area contributed by atoms with Crippen LogP contribution in [-0.4, -0.2) is 22.3 Å². The summed E-state index contributed by atoms with van der Waals surface area (Å²) in [5.74, 6) is 1.70. The van der Waals surface area contributed by atoms with Crippen molar-refractivity contribution in [1.29, 1.82) is 0 Å². The Kier molecular flexibility index (Phi) is 3.94. The molecular weight excluding hydrogens is 240 g/mol. The zero-order chi connectivity index (χ0) is 12.1. The van der Waals surface area contributed by atoms with Crippen LogP contribution < -0.4 is 10.5 Å². The van der Waals surface area contributed by atoms with Crippen molar-refractivity contribution in [2.24, 2.45) is 5.73 Å². The number of methoxy groups -OCH3 is 1. The van der Waals surface area contributed by atoms with Gasteiger partial charge in [-0.3, -0.25) is 0 Å². The Hall–Kier alpha value is -1.60. The van der Waals surface area contributed by atoms with Crippen molar-refractivity contribution in [2.75, 3.05) is 7.11 Å². The molecule has 0 aliphatic carbocycles. The van der Waals surface area contributed by atoms with Crippen molar-refractivity contribution >= 4 is 11.8 Å². The van der Waals surface area contributed by atoms with Gasteiger partial charge in [0.15, 0.2) is 0 Å². The molecule has 0 unspecified atom stereocenters. The van der Waals surface area contributed by atoms with Gasteiger partial charge in [-0.2, -0.15) is 0 Å². The van der Waals surface area contributed by atoms with Crippen LogP contribution in [-0.2, 0) is 12.3 Å². The van der Waals surface area contributed by atoms with Crippen molar-refractivity contribution < 1.29 is 9.15 Å². The van der Waals surface area contributed by atoms with Crippen LogP contribution in [0.2, 0.25) is 0 Å². The van der Waals surface area contributed by atoms with Gasteiger partial charge in [-0.1, -0.05) is 17.8 Å². The van der Waals surface area contributed by atoms with Crippen LogP contribution in [0.4, 0.5) is 0 Å². The fourth-order valence-electron chi connectivity index (χ4n) is 1.24. The van der Waals surface area contributed by atoms with E-state index < -0.39 is 0 Å². The Labute approximate surface area is 103 Å². The highest BCUT2D eigenvalue weighted by Gasteiger charge is 2.08. The molecule has 90 valence electrons. The lowest BCUT2D eigenvalue weighted by atomic mass is 10.3. The quantitative estimate of drug-likeness (QED) is 0.800. The highest BCUT2D eigenvalue weighted by Crippen LogP contribution is 2.25. The SMILES string of the molecule is COc1ncccc1CSc1nnc(CN)o1. The molecule has 0 aromatic carbocycles. The summed E-state index contributed by atoms with van der Waals surface area (Å²) in [6.45, 7) is 0.254. The Morgan fingerprint density at radius 1 is 1.47 bits per heavy atom. The van der Waals surface area contributed by atoms with E-state index in [1.54, 1.807) is 13.3 Å². The summed E-state index contributed by atoms with van der Waals surface area (Å²) in [7, 11) is 1.59. The molecule has 0 saturated carbocycles. The third-order valence-corrected chi connectivity index (χ3v) is 2.88. The molecule has 0 bridgehead atoms. The largest absolute Gasteiger partial charge is 0.481 e.